The molecule has 10 heteroatoms. The predicted octanol–water partition coefficient (Wildman–Crippen LogP) is 4.82. The summed E-state index contributed by atoms with van der Waals surface area (Å²) < 4.78 is 38.5. The van der Waals surface area contributed by atoms with E-state index in [1.165, 1.54) is 18.6 Å². The van der Waals surface area contributed by atoms with E-state index in [9.17, 15) is 22.8 Å². The average Bonchev–Trinajstić information content (AvgIpc) is 3.22. The van der Waals surface area contributed by atoms with Crippen molar-refractivity contribution >= 4 is 40.1 Å². The lowest BCUT2D eigenvalue weighted by Gasteiger charge is -2.34. The summed E-state index contributed by atoms with van der Waals surface area (Å²) in [5, 5.41) is 13.4. The summed E-state index contributed by atoms with van der Waals surface area (Å²) in [6, 6.07) is 4.38. The van der Waals surface area contributed by atoms with E-state index in [1.807, 2.05) is 0 Å². The van der Waals surface area contributed by atoms with Gasteiger partial charge in [-0.3, -0.25) is 9.59 Å². The maximum atomic E-state index is 12.8. The van der Waals surface area contributed by atoms with Gasteiger partial charge in [-0.05, 0) is 48.8 Å². The van der Waals surface area contributed by atoms with Crippen molar-refractivity contribution in [1.82, 2.24) is 5.32 Å². The minimum atomic E-state index is -4.50. The van der Waals surface area contributed by atoms with Crippen LogP contribution in [0, 0.1) is 16.7 Å². The lowest BCUT2D eigenvalue weighted by molar-refractivity contribution is -0.137. The highest BCUT2D eigenvalue weighted by atomic mass is 32.2. The van der Waals surface area contributed by atoms with Gasteiger partial charge in [0.1, 0.15) is 5.25 Å². The monoisotopic (exact) mass is 466 g/mol. The van der Waals surface area contributed by atoms with Gasteiger partial charge in [-0.1, -0.05) is 38.6 Å². The quantitative estimate of drug-likeness (QED) is 0.624. The van der Waals surface area contributed by atoms with Crippen LogP contribution in [0.15, 0.2) is 34.5 Å². The minimum absolute atomic E-state index is 0.000748. The number of amides is 2. The molecule has 0 aromatic heterocycles. The molecular formula is C22H25F3N4O2S. The molecule has 3 fully saturated rings. The normalized spacial score (nSPS) is 31.4. The number of alkyl halides is 3. The lowest BCUT2D eigenvalue weighted by atomic mass is 9.70. The van der Waals surface area contributed by atoms with Gasteiger partial charge in [0.05, 0.1) is 5.56 Å². The highest BCUT2D eigenvalue weighted by molar-refractivity contribution is 8.15. The zero-order chi connectivity index (χ0) is 23.3. The second kappa shape index (κ2) is 7.90. The first-order valence-electron chi connectivity index (χ1n) is 10.5. The van der Waals surface area contributed by atoms with Crippen molar-refractivity contribution < 1.29 is 22.8 Å². The van der Waals surface area contributed by atoms with Gasteiger partial charge in [0, 0.05) is 23.2 Å². The number of nitrogens with one attached hydrogen (secondary N) is 2. The molecule has 32 heavy (non-hydrogen) atoms. The van der Waals surface area contributed by atoms with Crippen molar-refractivity contribution in [2.45, 2.75) is 57.9 Å². The molecule has 1 aliphatic heterocycles. The highest BCUT2D eigenvalue weighted by Gasteiger charge is 2.60. The maximum Gasteiger partial charge on any atom is 0.416 e. The topological polar surface area (TPSA) is 82.9 Å². The van der Waals surface area contributed by atoms with Crippen molar-refractivity contribution in [1.29, 1.82) is 0 Å². The third-order valence-corrected chi connectivity index (χ3v) is 8.47. The van der Waals surface area contributed by atoms with Gasteiger partial charge in [-0.25, -0.2) is 0 Å². The van der Waals surface area contributed by atoms with E-state index in [4.69, 9.17) is 0 Å². The summed E-state index contributed by atoms with van der Waals surface area (Å²) in [6.07, 6.45) is -1.52. The Labute approximate surface area is 188 Å². The summed E-state index contributed by atoms with van der Waals surface area (Å²) in [4.78, 5) is 24.6. The van der Waals surface area contributed by atoms with Crippen LogP contribution in [0.1, 0.15) is 52.0 Å². The molecule has 2 saturated carbocycles. The second-order valence-corrected chi connectivity index (χ2v) is 10.6. The van der Waals surface area contributed by atoms with Gasteiger partial charge in [0.15, 0.2) is 5.17 Å². The molecule has 6 nitrogen and oxygen atoms in total. The summed E-state index contributed by atoms with van der Waals surface area (Å²) >= 11 is 1.11. The van der Waals surface area contributed by atoms with Crippen molar-refractivity contribution in [3.8, 4) is 0 Å². The number of carbonyl (C=O) groups is 2. The molecule has 1 heterocycles. The van der Waals surface area contributed by atoms with Crippen molar-refractivity contribution in [3.63, 3.8) is 0 Å². The van der Waals surface area contributed by atoms with Crippen LogP contribution in [0.5, 0.6) is 0 Å². The Morgan fingerprint density at radius 2 is 2.03 bits per heavy atom. The molecule has 1 aromatic rings. The van der Waals surface area contributed by atoms with Crippen molar-refractivity contribution in [3.05, 3.63) is 29.8 Å². The average molecular weight is 467 g/mol. The summed E-state index contributed by atoms with van der Waals surface area (Å²) in [7, 11) is 0. The van der Waals surface area contributed by atoms with Gasteiger partial charge in [-0.15, -0.1) is 5.10 Å². The number of hydrogen-bond acceptors (Lipinski definition) is 5. The fourth-order valence-corrected chi connectivity index (χ4v) is 5.84. The second-order valence-electron chi connectivity index (χ2n) is 9.37. The van der Waals surface area contributed by atoms with Crippen molar-refractivity contribution in [2.75, 3.05) is 5.32 Å². The van der Waals surface area contributed by atoms with Crippen LogP contribution in [0.4, 0.5) is 18.9 Å². The number of carbonyl (C=O) groups excluding carboxylic acids is 2. The third kappa shape index (κ3) is 4.04. The molecule has 0 spiro atoms. The number of thioether (sulfide) groups is 1. The highest BCUT2D eigenvalue weighted by Crippen LogP contribution is 2.64. The van der Waals surface area contributed by atoms with Crippen LogP contribution < -0.4 is 10.6 Å². The van der Waals surface area contributed by atoms with Gasteiger partial charge >= 0.3 is 6.18 Å². The Morgan fingerprint density at radius 3 is 2.66 bits per heavy atom. The standard InChI is InChI=1S/C22H25F3N4O2S/c1-20(2)12-7-8-21(20,3)16(10-12)28-29-19-27-18(31)15(32-19)11-17(30)26-14-6-4-5-13(9-14)22(23,24)25/h4-6,9,12,15H,7-8,10-11H2,1-3H3,(H,26,30)(H,27,29,31)/b28-16+. The van der Waals surface area contributed by atoms with Crippen LogP contribution in [0.25, 0.3) is 0 Å². The first-order chi connectivity index (χ1) is 14.9. The zero-order valence-electron chi connectivity index (χ0n) is 18.0. The SMILES string of the molecule is CC12CCC(C/C1=N\N=C1/NC(=O)C(CC(=O)Nc3cccc(C(F)(F)F)c3)S1)C2(C)C. The Bertz CT molecular complexity index is 1020. The number of nitrogens with zero attached hydrogens (tertiary/aromatic N) is 2. The molecule has 2 aliphatic carbocycles. The number of rotatable bonds is 4. The largest absolute Gasteiger partial charge is 0.416 e. The van der Waals surface area contributed by atoms with E-state index in [-0.39, 0.29) is 28.8 Å². The van der Waals surface area contributed by atoms with Crippen LogP contribution >= 0.6 is 11.8 Å². The number of benzene rings is 1. The van der Waals surface area contributed by atoms with Crippen molar-refractivity contribution in [2.24, 2.45) is 27.0 Å². The predicted molar refractivity (Wildman–Crippen MR) is 118 cm³/mol. The molecule has 1 aromatic carbocycles. The molecule has 4 rings (SSSR count). The summed E-state index contributed by atoms with van der Waals surface area (Å²) in [5.74, 6) is -0.330. The minimum Gasteiger partial charge on any atom is -0.326 e. The number of halogens is 3. The van der Waals surface area contributed by atoms with E-state index in [0.29, 0.717) is 11.1 Å². The fourth-order valence-electron chi connectivity index (χ4n) is 4.93. The first-order valence-corrected chi connectivity index (χ1v) is 11.4. The smallest absolute Gasteiger partial charge is 0.326 e. The number of anilines is 1. The van der Waals surface area contributed by atoms with Gasteiger partial charge in [0.25, 0.3) is 0 Å². The molecular weight excluding hydrogens is 441 g/mol. The fraction of sp³-hybridized carbons (Fsp3) is 0.545. The molecule has 0 radical (unpaired) electrons. The molecule has 3 atom stereocenters. The van der Waals surface area contributed by atoms with E-state index < -0.39 is 22.9 Å². The van der Waals surface area contributed by atoms with Crippen LogP contribution in [0.2, 0.25) is 0 Å². The maximum absolute atomic E-state index is 12.8. The molecule has 2 bridgehead atoms. The molecule has 1 saturated heterocycles. The van der Waals surface area contributed by atoms with E-state index in [0.717, 1.165) is 42.4 Å². The third-order valence-electron chi connectivity index (χ3n) is 7.39. The van der Waals surface area contributed by atoms with E-state index in [2.05, 4.69) is 41.6 Å². The lowest BCUT2D eigenvalue weighted by Crippen LogP contribution is -2.32. The Hall–Kier alpha value is -2.36. The number of hydrogen-bond donors (Lipinski definition) is 2. The molecule has 172 valence electrons. The van der Waals surface area contributed by atoms with Crippen LogP contribution in [0.3, 0.4) is 0 Å². The Morgan fingerprint density at radius 1 is 1.28 bits per heavy atom. The Kier molecular flexibility index (Phi) is 5.63. The van der Waals surface area contributed by atoms with Crippen LogP contribution in [-0.4, -0.2) is 27.9 Å². The number of fused-ring (bicyclic) bond motifs is 2. The summed E-state index contributed by atoms with van der Waals surface area (Å²) in [5.41, 5.74) is 0.392. The molecule has 3 aliphatic rings. The van der Waals surface area contributed by atoms with Gasteiger partial charge in [-0.2, -0.15) is 18.3 Å². The van der Waals surface area contributed by atoms with Crippen LogP contribution in [-0.2, 0) is 15.8 Å². The van der Waals surface area contributed by atoms with E-state index in [1.54, 1.807) is 0 Å². The molecule has 2 N–H and O–H groups in total. The van der Waals surface area contributed by atoms with E-state index >= 15 is 0 Å². The first kappa shape index (κ1) is 22.8. The molecule has 3 unspecified atom stereocenters. The van der Waals surface area contributed by atoms with Gasteiger partial charge < -0.3 is 10.6 Å². The number of amidine groups is 1. The summed E-state index contributed by atoms with van der Waals surface area (Å²) in [6.45, 7) is 6.76. The zero-order valence-corrected chi connectivity index (χ0v) is 18.9. The van der Waals surface area contributed by atoms with Gasteiger partial charge in [0.2, 0.25) is 11.8 Å². The Balaban J connectivity index is 1.38. The molecule has 2 amide bonds.